The van der Waals surface area contributed by atoms with Crippen LogP contribution < -0.4 is 21.1 Å². The Morgan fingerprint density at radius 3 is 1.60 bits per heavy atom. The predicted molar refractivity (Wildman–Crippen MR) is 341 cm³/mol. The quantitative estimate of drug-likeness (QED) is 0.169. The van der Waals surface area contributed by atoms with Gasteiger partial charge < -0.3 is 19.1 Å². The van der Waals surface area contributed by atoms with E-state index >= 15 is 0 Å². The van der Waals surface area contributed by atoms with Crippen LogP contribution in [0, 0.1) is 6.92 Å². The molecule has 392 valence electrons. The van der Waals surface area contributed by atoms with Crippen molar-refractivity contribution in [2.24, 2.45) is 0 Å². The third kappa shape index (κ3) is 7.71. The minimum absolute atomic E-state index is 0.0596. The molecule has 3 aliphatic rings. The molecule has 5 heteroatoms. The summed E-state index contributed by atoms with van der Waals surface area (Å²) in [7, 11) is 0.721. The van der Waals surface area contributed by atoms with Crippen LogP contribution in [0.15, 0.2) is 191 Å². The maximum atomic E-state index is 7.10. The molecule has 12 aromatic rings. The van der Waals surface area contributed by atoms with Gasteiger partial charge in [0.2, 0.25) is 0 Å². The topological polar surface area (TPSA) is 41.5 Å². The number of anilines is 5. The maximum Gasteiger partial charge on any atom is 0.198 e. The number of aryl methyl sites for hydroxylation is 1. The zero-order valence-corrected chi connectivity index (χ0v) is 47.6. The maximum absolute atomic E-state index is 7.10. The van der Waals surface area contributed by atoms with Gasteiger partial charge in [0.25, 0.3) is 0 Å². The van der Waals surface area contributed by atoms with Gasteiger partial charge in [-0.1, -0.05) is 158 Å². The lowest BCUT2D eigenvalue weighted by Gasteiger charge is -2.41. The zero-order valence-electron chi connectivity index (χ0n) is 47.6. The summed E-state index contributed by atoms with van der Waals surface area (Å²) in [6.45, 7) is 21.5. The molecule has 10 aromatic carbocycles. The zero-order chi connectivity index (χ0) is 54.6. The van der Waals surface area contributed by atoms with E-state index < -0.39 is 0 Å². The van der Waals surface area contributed by atoms with Crippen LogP contribution in [0.2, 0.25) is 0 Å². The van der Waals surface area contributed by atoms with Gasteiger partial charge in [0.05, 0.1) is 0 Å². The van der Waals surface area contributed by atoms with Gasteiger partial charge in [0, 0.05) is 67.7 Å². The van der Waals surface area contributed by atoms with Crippen molar-refractivity contribution in [3.05, 3.63) is 210 Å². The lowest BCUT2D eigenvalue weighted by atomic mass is 9.57. The summed E-state index contributed by atoms with van der Waals surface area (Å²) in [6.07, 6.45) is 4.61. The Bertz CT molecular complexity index is 4550. The summed E-state index contributed by atoms with van der Waals surface area (Å²) < 4.78 is 14.2. The first-order valence-electron chi connectivity index (χ1n) is 29.0. The van der Waals surface area contributed by atoms with Gasteiger partial charge in [-0.2, -0.15) is 0 Å². The standard InChI is InChI=1S/C75H67BN2O2/c1-44-17-13-16-22-52(44)49-34-58(54-33-47-20-14-15-21-48(47)35-64(54)77-50-25-23-46(24-26-50)45-18-11-10-12-19-45)71-66(36-49)78(51-27-28-53-55-38-59-61(41-68(55)79-67(53)37-51)74(6,7)31-29-72(59,2)3)65-43-70-57(40-63(65)76-71)56-39-60-62(42-69(56)80-70)75(8,9)32-30-73(60,4)5/h10-28,33-43,76-77H,29-32H2,1-9H3. The highest BCUT2D eigenvalue weighted by Crippen LogP contribution is 2.52. The molecule has 1 N–H and O–H groups in total. The average molecular weight is 1040 g/mol. The van der Waals surface area contributed by atoms with Gasteiger partial charge in [-0.15, -0.1) is 0 Å². The Morgan fingerprint density at radius 2 is 0.950 bits per heavy atom. The number of hydrogen-bond donors (Lipinski definition) is 1. The second-order valence-electron chi connectivity index (χ2n) is 26.3. The molecule has 0 saturated carbocycles. The molecule has 80 heavy (non-hydrogen) atoms. The van der Waals surface area contributed by atoms with E-state index in [1.165, 1.54) is 82.5 Å². The van der Waals surface area contributed by atoms with Gasteiger partial charge in [-0.25, -0.2) is 0 Å². The minimum atomic E-state index is 0.0596. The van der Waals surface area contributed by atoms with Gasteiger partial charge >= 0.3 is 0 Å². The molecule has 0 radical (unpaired) electrons. The number of furan rings is 2. The summed E-state index contributed by atoms with van der Waals surface area (Å²) in [4.78, 5) is 2.52. The van der Waals surface area contributed by atoms with Gasteiger partial charge in [-0.05, 0) is 199 Å². The van der Waals surface area contributed by atoms with Crippen molar-refractivity contribution >= 4 is 101 Å². The highest BCUT2D eigenvalue weighted by Gasteiger charge is 2.40. The Balaban J connectivity index is 0.986. The molecule has 4 nitrogen and oxygen atoms in total. The molecule has 0 fully saturated rings. The molecule has 15 rings (SSSR count). The van der Waals surface area contributed by atoms with Crippen molar-refractivity contribution in [3.8, 4) is 33.4 Å². The van der Waals surface area contributed by atoms with Crippen LogP contribution in [0.1, 0.15) is 109 Å². The fourth-order valence-electron chi connectivity index (χ4n) is 14.3. The molecule has 1 aliphatic heterocycles. The van der Waals surface area contributed by atoms with Gasteiger partial charge in [0.15, 0.2) is 7.28 Å². The Morgan fingerprint density at radius 1 is 0.412 bits per heavy atom. The molecule has 2 aliphatic carbocycles. The number of benzene rings is 10. The number of nitrogens with one attached hydrogen (secondary N) is 1. The molecule has 0 atom stereocenters. The Hall–Kier alpha value is -8.28. The molecule has 2 aromatic heterocycles. The normalized spacial score (nSPS) is 16.6. The molecule has 0 bridgehead atoms. The molecule has 0 unspecified atom stereocenters. The summed E-state index contributed by atoms with van der Waals surface area (Å²) >= 11 is 0. The summed E-state index contributed by atoms with van der Waals surface area (Å²) in [5.74, 6) is 0. The lowest BCUT2D eigenvalue weighted by Crippen LogP contribution is -2.41. The molecule has 0 spiro atoms. The largest absolute Gasteiger partial charge is 0.456 e. The third-order valence-electron chi connectivity index (χ3n) is 19.3. The van der Waals surface area contributed by atoms with E-state index in [-0.39, 0.29) is 21.7 Å². The van der Waals surface area contributed by atoms with E-state index in [1.54, 1.807) is 0 Å². The van der Waals surface area contributed by atoms with E-state index in [0.29, 0.717) is 0 Å². The minimum Gasteiger partial charge on any atom is -0.456 e. The van der Waals surface area contributed by atoms with Crippen LogP contribution in [0.4, 0.5) is 28.4 Å². The van der Waals surface area contributed by atoms with E-state index in [0.717, 1.165) is 106 Å². The second-order valence-corrected chi connectivity index (χ2v) is 26.3. The Labute approximate surface area is 470 Å². The fourth-order valence-corrected chi connectivity index (χ4v) is 14.3. The molecule has 0 amide bonds. The number of rotatable bonds is 6. The first kappa shape index (κ1) is 48.8. The summed E-state index contributed by atoms with van der Waals surface area (Å²) in [5.41, 5.74) is 25.9. The average Bonchev–Trinajstić information content (AvgIpc) is 4.20. The van der Waals surface area contributed by atoms with Crippen molar-refractivity contribution in [2.75, 3.05) is 10.2 Å². The number of hydrogen-bond acceptors (Lipinski definition) is 4. The van der Waals surface area contributed by atoms with Crippen LogP contribution in [0.25, 0.3) is 88.0 Å². The number of fused-ring (bicyclic) bond motifs is 11. The molecule has 0 saturated heterocycles. The highest BCUT2D eigenvalue weighted by atomic mass is 16.3. The van der Waals surface area contributed by atoms with E-state index in [1.807, 2.05) is 0 Å². The van der Waals surface area contributed by atoms with Crippen molar-refractivity contribution in [3.63, 3.8) is 0 Å². The molecule has 3 heterocycles. The first-order valence-corrected chi connectivity index (χ1v) is 29.0. The monoisotopic (exact) mass is 1040 g/mol. The van der Waals surface area contributed by atoms with Gasteiger partial charge in [0.1, 0.15) is 22.3 Å². The van der Waals surface area contributed by atoms with E-state index in [4.69, 9.17) is 8.83 Å². The van der Waals surface area contributed by atoms with Gasteiger partial charge in [-0.3, -0.25) is 0 Å². The van der Waals surface area contributed by atoms with Crippen LogP contribution >= 0.6 is 0 Å². The van der Waals surface area contributed by atoms with Crippen molar-refractivity contribution < 1.29 is 8.83 Å². The number of nitrogens with zero attached hydrogens (tertiary/aromatic N) is 1. The van der Waals surface area contributed by atoms with E-state index in [2.05, 4.69) is 255 Å². The SMILES string of the molecule is Cc1ccccc1-c1cc(-c2cc3ccccc3cc2Nc2ccc(-c3ccccc3)cc2)c2c(c1)N(c1ccc3c(c1)oc1cc4c(cc13)C(C)(C)CCC4(C)C)c1cc3oc4cc5c(cc4c3cc1B2)C(C)(C)CCC5(C)C. The molecular formula is C75H67BN2O2. The van der Waals surface area contributed by atoms with Crippen LogP contribution in [-0.4, -0.2) is 7.28 Å². The van der Waals surface area contributed by atoms with E-state index in [9.17, 15) is 0 Å². The van der Waals surface area contributed by atoms with Crippen LogP contribution in [0.3, 0.4) is 0 Å². The third-order valence-corrected chi connectivity index (χ3v) is 19.3. The van der Waals surface area contributed by atoms with Crippen molar-refractivity contribution in [1.82, 2.24) is 0 Å². The molecular weight excluding hydrogens is 972 g/mol. The fraction of sp³-hybridized carbons (Fsp3) is 0.227. The Kier molecular flexibility index (Phi) is 10.6. The predicted octanol–water partition coefficient (Wildman–Crippen LogP) is 19.6. The van der Waals surface area contributed by atoms with Crippen LogP contribution in [-0.2, 0) is 21.7 Å². The second kappa shape index (κ2) is 17.4. The van der Waals surface area contributed by atoms with Crippen molar-refractivity contribution in [1.29, 1.82) is 0 Å². The van der Waals surface area contributed by atoms with Crippen LogP contribution in [0.5, 0.6) is 0 Å². The van der Waals surface area contributed by atoms with Crippen molar-refractivity contribution in [2.45, 2.75) is 110 Å². The smallest absolute Gasteiger partial charge is 0.198 e. The summed E-state index contributed by atoms with van der Waals surface area (Å²) in [5, 5.41) is 11.0. The lowest BCUT2D eigenvalue weighted by molar-refractivity contribution is 0.332. The summed E-state index contributed by atoms with van der Waals surface area (Å²) in [6, 6.07) is 68.2. The highest BCUT2D eigenvalue weighted by molar-refractivity contribution is 6.73. The first-order chi connectivity index (χ1) is 38.5.